The largest absolute Gasteiger partial charge is 0.396 e. The molecular formula is C17H20ClN3O2. The van der Waals surface area contributed by atoms with Crippen molar-refractivity contribution in [3.63, 3.8) is 0 Å². The third-order valence-electron chi connectivity index (χ3n) is 4.28. The first kappa shape index (κ1) is 16.0. The van der Waals surface area contributed by atoms with E-state index in [0.29, 0.717) is 22.8 Å². The van der Waals surface area contributed by atoms with Gasteiger partial charge in [-0.2, -0.15) is 5.10 Å². The van der Waals surface area contributed by atoms with Crippen LogP contribution in [0.4, 0.5) is 0 Å². The maximum atomic E-state index is 12.8. The molecule has 122 valence electrons. The molecule has 1 amide bonds. The van der Waals surface area contributed by atoms with Crippen molar-refractivity contribution >= 4 is 17.5 Å². The number of aromatic nitrogens is 2. The number of rotatable bonds is 3. The first-order valence-corrected chi connectivity index (χ1v) is 8.18. The van der Waals surface area contributed by atoms with Gasteiger partial charge < -0.3 is 10.0 Å². The Kier molecular flexibility index (Phi) is 4.68. The van der Waals surface area contributed by atoms with E-state index in [-0.39, 0.29) is 18.4 Å². The standard InChI is InChI=1S/C17H20ClN3O2/c1-12-16(17(23)20-8-2-3-13(9-20)11-22)10-21(19-12)15-6-4-14(18)5-7-15/h4-7,10,13,22H,2-3,8-9,11H2,1H3. The molecule has 0 aliphatic carbocycles. The summed E-state index contributed by atoms with van der Waals surface area (Å²) in [5.41, 5.74) is 2.18. The maximum Gasteiger partial charge on any atom is 0.257 e. The summed E-state index contributed by atoms with van der Waals surface area (Å²) in [6.45, 7) is 3.32. The summed E-state index contributed by atoms with van der Waals surface area (Å²) in [5, 5.41) is 14.4. The lowest BCUT2D eigenvalue weighted by Gasteiger charge is -2.31. The fraction of sp³-hybridized carbons (Fsp3) is 0.412. The molecule has 1 aromatic heterocycles. The van der Waals surface area contributed by atoms with Crippen molar-refractivity contribution < 1.29 is 9.90 Å². The molecule has 1 aromatic carbocycles. The van der Waals surface area contributed by atoms with Crippen molar-refractivity contribution in [3.8, 4) is 5.69 Å². The number of likely N-dealkylation sites (tertiary alicyclic amines) is 1. The molecule has 1 aliphatic heterocycles. The van der Waals surface area contributed by atoms with Gasteiger partial charge in [-0.1, -0.05) is 11.6 Å². The molecule has 1 aliphatic rings. The number of hydrogen-bond donors (Lipinski definition) is 1. The second-order valence-electron chi connectivity index (χ2n) is 5.99. The van der Waals surface area contributed by atoms with Crippen LogP contribution in [0, 0.1) is 12.8 Å². The van der Waals surface area contributed by atoms with Gasteiger partial charge in [-0.25, -0.2) is 4.68 Å². The van der Waals surface area contributed by atoms with Crippen LogP contribution in [0.15, 0.2) is 30.5 Å². The van der Waals surface area contributed by atoms with E-state index in [1.165, 1.54) is 0 Å². The average Bonchev–Trinajstić information content (AvgIpc) is 2.96. The molecule has 1 atom stereocenters. The molecule has 2 aromatic rings. The Morgan fingerprint density at radius 1 is 1.39 bits per heavy atom. The zero-order valence-electron chi connectivity index (χ0n) is 13.1. The Hall–Kier alpha value is -1.85. The third kappa shape index (κ3) is 3.41. The van der Waals surface area contributed by atoms with E-state index < -0.39 is 0 Å². The molecule has 0 bridgehead atoms. The van der Waals surface area contributed by atoms with Gasteiger partial charge in [-0.15, -0.1) is 0 Å². The minimum Gasteiger partial charge on any atom is -0.396 e. The lowest BCUT2D eigenvalue weighted by Crippen LogP contribution is -2.41. The van der Waals surface area contributed by atoms with Crippen LogP contribution in [-0.4, -0.2) is 45.4 Å². The normalized spacial score (nSPS) is 18.2. The number of piperidine rings is 1. The van der Waals surface area contributed by atoms with Crippen LogP contribution < -0.4 is 0 Å². The van der Waals surface area contributed by atoms with Gasteiger partial charge in [0.25, 0.3) is 5.91 Å². The van der Waals surface area contributed by atoms with E-state index >= 15 is 0 Å². The number of halogens is 1. The zero-order chi connectivity index (χ0) is 16.4. The van der Waals surface area contributed by atoms with E-state index in [4.69, 9.17) is 11.6 Å². The van der Waals surface area contributed by atoms with Crippen LogP contribution in [0.2, 0.25) is 5.02 Å². The second kappa shape index (κ2) is 6.72. The first-order valence-electron chi connectivity index (χ1n) is 7.81. The number of aryl methyl sites for hydroxylation is 1. The Bertz CT molecular complexity index is 696. The Balaban J connectivity index is 1.83. The van der Waals surface area contributed by atoms with Crippen LogP contribution in [0.3, 0.4) is 0 Å². The van der Waals surface area contributed by atoms with Gasteiger partial charge in [0.1, 0.15) is 0 Å². The summed E-state index contributed by atoms with van der Waals surface area (Å²) in [6.07, 6.45) is 3.67. The van der Waals surface area contributed by atoms with Gasteiger partial charge >= 0.3 is 0 Å². The van der Waals surface area contributed by atoms with Gasteiger partial charge in [-0.3, -0.25) is 4.79 Å². The number of aliphatic hydroxyl groups excluding tert-OH is 1. The second-order valence-corrected chi connectivity index (χ2v) is 6.43. The predicted molar refractivity (Wildman–Crippen MR) is 89.0 cm³/mol. The molecule has 1 fully saturated rings. The third-order valence-corrected chi connectivity index (χ3v) is 4.54. The molecule has 2 heterocycles. The van der Waals surface area contributed by atoms with Gasteiger partial charge in [0.2, 0.25) is 0 Å². The number of nitrogens with zero attached hydrogens (tertiary/aromatic N) is 3. The number of carbonyl (C=O) groups is 1. The van der Waals surface area contributed by atoms with Crippen LogP contribution in [0.25, 0.3) is 5.69 Å². The molecule has 3 rings (SSSR count). The van der Waals surface area contributed by atoms with Crippen LogP contribution in [0.5, 0.6) is 0 Å². The monoisotopic (exact) mass is 333 g/mol. The lowest BCUT2D eigenvalue weighted by molar-refractivity contribution is 0.0620. The fourth-order valence-electron chi connectivity index (χ4n) is 2.97. The number of benzene rings is 1. The highest BCUT2D eigenvalue weighted by Gasteiger charge is 2.26. The Morgan fingerprint density at radius 2 is 2.13 bits per heavy atom. The minimum absolute atomic E-state index is 0.0131. The summed E-state index contributed by atoms with van der Waals surface area (Å²) in [6, 6.07) is 7.33. The molecular weight excluding hydrogens is 314 g/mol. The van der Waals surface area contributed by atoms with Crippen molar-refractivity contribution in [2.24, 2.45) is 5.92 Å². The van der Waals surface area contributed by atoms with Crippen molar-refractivity contribution in [1.29, 1.82) is 0 Å². The summed E-state index contributed by atoms with van der Waals surface area (Å²) in [5.74, 6) is 0.167. The molecule has 0 radical (unpaired) electrons. The summed E-state index contributed by atoms with van der Waals surface area (Å²) >= 11 is 5.90. The van der Waals surface area contributed by atoms with E-state index in [0.717, 1.165) is 25.1 Å². The van der Waals surface area contributed by atoms with Crippen LogP contribution in [0.1, 0.15) is 28.9 Å². The van der Waals surface area contributed by atoms with Crippen molar-refractivity contribution in [3.05, 3.63) is 46.7 Å². The molecule has 0 saturated carbocycles. The highest BCUT2D eigenvalue weighted by atomic mass is 35.5. The zero-order valence-corrected chi connectivity index (χ0v) is 13.8. The van der Waals surface area contributed by atoms with E-state index in [9.17, 15) is 9.90 Å². The van der Waals surface area contributed by atoms with E-state index in [2.05, 4.69) is 5.10 Å². The fourth-order valence-corrected chi connectivity index (χ4v) is 3.09. The van der Waals surface area contributed by atoms with Crippen molar-refractivity contribution in [1.82, 2.24) is 14.7 Å². The molecule has 5 nitrogen and oxygen atoms in total. The van der Waals surface area contributed by atoms with Gasteiger partial charge in [0.15, 0.2) is 0 Å². The minimum atomic E-state index is -0.0131. The SMILES string of the molecule is Cc1nn(-c2ccc(Cl)cc2)cc1C(=O)N1CCCC(CO)C1. The van der Waals surface area contributed by atoms with Crippen molar-refractivity contribution in [2.45, 2.75) is 19.8 Å². The van der Waals surface area contributed by atoms with E-state index in [1.807, 2.05) is 24.0 Å². The lowest BCUT2D eigenvalue weighted by atomic mass is 9.98. The quantitative estimate of drug-likeness (QED) is 0.939. The average molecular weight is 334 g/mol. The number of hydrogen-bond acceptors (Lipinski definition) is 3. The van der Waals surface area contributed by atoms with E-state index in [1.54, 1.807) is 23.0 Å². The summed E-state index contributed by atoms with van der Waals surface area (Å²) < 4.78 is 1.70. The number of aliphatic hydroxyl groups is 1. The topological polar surface area (TPSA) is 58.4 Å². The smallest absolute Gasteiger partial charge is 0.257 e. The van der Waals surface area contributed by atoms with Crippen molar-refractivity contribution in [2.75, 3.05) is 19.7 Å². The van der Waals surface area contributed by atoms with Gasteiger partial charge in [-0.05, 0) is 49.9 Å². The maximum absolute atomic E-state index is 12.8. The molecule has 1 N–H and O–H groups in total. The highest BCUT2D eigenvalue weighted by molar-refractivity contribution is 6.30. The molecule has 1 saturated heterocycles. The number of amides is 1. The molecule has 23 heavy (non-hydrogen) atoms. The predicted octanol–water partition coefficient (Wildman–Crippen LogP) is 2.68. The Morgan fingerprint density at radius 3 is 2.83 bits per heavy atom. The molecule has 6 heteroatoms. The molecule has 0 spiro atoms. The summed E-state index contributed by atoms with van der Waals surface area (Å²) in [4.78, 5) is 14.6. The van der Waals surface area contributed by atoms with Gasteiger partial charge in [0.05, 0.1) is 16.9 Å². The highest BCUT2D eigenvalue weighted by Crippen LogP contribution is 2.20. The van der Waals surface area contributed by atoms with Gasteiger partial charge in [0, 0.05) is 30.9 Å². The molecule has 1 unspecified atom stereocenters. The van der Waals surface area contributed by atoms with Crippen LogP contribution in [-0.2, 0) is 0 Å². The Labute approximate surface area is 140 Å². The van der Waals surface area contributed by atoms with Crippen LogP contribution >= 0.6 is 11.6 Å². The number of carbonyl (C=O) groups excluding carboxylic acids is 1. The first-order chi connectivity index (χ1) is 11.1. The summed E-state index contributed by atoms with van der Waals surface area (Å²) in [7, 11) is 0.